The highest BCUT2D eigenvalue weighted by Crippen LogP contribution is 2.39. The van der Waals surface area contributed by atoms with E-state index in [1.807, 2.05) is 71.7 Å². The molecule has 0 radical (unpaired) electrons. The van der Waals surface area contributed by atoms with Crippen molar-refractivity contribution in [2.45, 2.75) is 30.2 Å². The molecule has 6 rings (SSSR count). The maximum Gasteiger partial charge on any atom is 0.240 e. The van der Waals surface area contributed by atoms with E-state index in [4.69, 9.17) is 19.3 Å². The Bertz CT molecular complexity index is 1850. The van der Waals surface area contributed by atoms with Crippen LogP contribution in [-0.4, -0.2) is 46.9 Å². The van der Waals surface area contributed by atoms with Crippen LogP contribution in [0, 0.1) is 5.82 Å². The minimum atomic E-state index is -3.79. The molecule has 46 heavy (non-hydrogen) atoms. The lowest BCUT2D eigenvalue weighted by atomic mass is 9.97. The number of hydrogen-bond acceptors (Lipinski definition) is 8. The first kappa shape index (κ1) is 31.1. The predicted octanol–water partition coefficient (Wildman–Crippen LogP) is 5.66. The molecule has 2 aliphatic rings. The minimum absolute atomic E-state index is 0.0353. The van der Waals surface area contributed by atoms with Crippen LogP contribution in [0.4, 0.5) is 15.8 Å². The summed E-state index contributed by atoms with van der Waals surface area (Å²) in [5, 5.41) is 9.93. The molecular weight excluding hydrogens is 611 g/mol. The third-order valence-electron chi connectivity index (χ3n) is 7.67. The molecule has 0 aliphatic carbocycles. The highest BCUT2D eigenvalue weighted by molar-refractivity contribution is 7.89. The molecule has 0 bridgehead atoms. The molecule has 2 heterocycles. The number of carbonyl (C=O) groups is 1. The maximum atomic E-state index is 13.1. The topological polar surface area (TPSA) is 119 Å². The second kappa shape index (κ2) is 13.6. The van der Waals surface area contributed by atoms with Crippen LogP contribution in [0.2, 0.25) is 0 Å². The fraction of sp³-hybridized carbons (Fsp3) is 0.235. The third kappa shape index (κ3) is 7.13. The third-order valence-corrected chi connectivity index (χ3v) is 9.15. The standard InChI is InChI=1S/C34H33FN4O6S/c1-43-28-12-10-27(11-13-28)39-31(22-30(38-39)23-7-16-32-33(21-23)45-19-18-44-32)24-4-2-5-26(20-24)37-34(40)6-3-17-36-46(41,42)29-14-8-25(35)9-15-29/h2,4-5,7-16,20-21,31,36H,3,6,17-19,22H2,1H3,(H,37,40). The number of sulfonamides is 1. The first-order chi connectivity index (χ1) is 22.3. The summed E-state index contributed by atoms with van der Waals surface area (Å²) in [6.07, 6.45) is 0.999. The van der Waals surface area contributed by atoms with Gasteiger partial charge in [-0.25, -0.2) is 17.5 Å². The Hall–Kier alpha value is -4.94. The number of carbonyl (C=O) groups excluding carboxylic acids is 1. The summed E-state index contributed by atoms with van der Waals surface area (Å²) in [5.41, 5.74) is 4.28. The summed E-state index contributed by atoms with van der Waals surface area (Å²) in [6.45, 7) is 1.07. The van der Waals surface area contributed by atoms with Crippen molar-refractivity contribution in [3.63, 3.8) is 0 Å². The molecule has 2 N–H and O–H groups in total. The predicted molar refractivity (Wildman–Crippen MR) is 173 cm³/mol. The van der Waals surface area contributed by atoms with Crippen molar-refractivity contribution in [3.8, 4) is 17.2 Å². The van der Waals surface area contributed by atoms with Crippen molar-refractivity contribution in [3.05, 3.63) is 108 Å². The number of amides is 1. The van der Waals surface area contributed by atoms with Gasteiger partial charge in [-0.3, -0.25) is 9.80 Å². The lowest BCUT2D eigenvalue weighted by Gasteiger charge is -2.24. The van der Waals surface area contributed by atoms with Crippen molar-refractivity contribution in [1.82, 2.24) is 4.72 Å². The molecule has 0 saturated heterocycles. The second-order valence-electron chi connectivity index (χ2n) is 10.8. The number of anilines is 2. The van der Waals surface area contributed by atoms with E-state index in [1.165, 1.54) is 12.1 Å². The first-order valence-electron chi connectivity index (χ1n) is 14.8. The smallest absolute Gasteiger partial charge is 0.240 e. The lowest BCUT2D eigenvalue weighted by Crippen LogP contribution is -2.25. The summed E-state index contributed by atoms with van der Waals surface area (Å²) >= 11 is 0. The largest absolute Gasteiger partial charge is 0.497 e. The molecule has 0 aromatic heterocycles. The molecular formula is C34H33FN4O6S. The monoisotopic (exact) mass is 644 g/mol. The second-order valence-corrected chi connectivity index (χ2v) is 12.6. The van der Waals surface area contributed by atoms with Crippen molar-refractivity contribution < 1.29 is 31.8 Å². The van der Waals surface area contributed by atoms with E-state index in [0.29, 0.717) is 36.8 Å². The van der Waals surface area contributed by atoms with Gasteiger partial charge in [-0.15, -0.1) is 0 Å². The summed E-state index contributed by atoms with van der Waals surface area (Å²) in [7, 11) is -2.17. The van der Waals surface area contributed by atoms with Gasteiger partial charge >= 0.3 is 0 Å². The van der Waals surface area contributed by atoms with Gasteiger partial charge in [0.25, 0.3) is 0 Å². The maximum absolute atomic E-state index is 13.1. The quantitative estimate of drug-likeness (QED) is 0.202. The summed E-state index contributed by atoms with van der Waals surface area (Å²) < 4.78 is 57.3. The number of nitrogens with zero attached hydrogens (tertiary/aromatic N) is 2. The molecule has 1 unspecified atom stereocenters. The number of hydrogen-bond donors (Lipinski definition) is 2. The van der Waals surface area contributed by atoms with Gasteiger partial charge in [0, 0.05) is 30.6 Å². The number of methoxy groups -OCH3 is 1. The Morgan fingerprint density at radius 2 is 1.74 bits per heavy atom. The molecule has 10 nitrogen and oxygen atoms in total. The van der Waals surface area contributed by atoms with Crippen molar-refractivity contribution in [2.24, 2.45) is 5.10 Å². The van der Waals surface area contributed by atoms with E-state index in [1.54, 1.807) is 7.11 Å². The van der Waals surface area contributed by atoms with Gasteiger partial charge in [0.1, 0.15) is 24.8 Å². The van der Waals surface area contributed by atoms with Crippen LogP contribution in [-0.2, 0) is 14.8 Å². The Kier molecular flexibility index (Phi) is 9.18. The van der Waals surface area contributed by atoms with Gasteiger partial charge in [-0.1, -0.05) is 12.1 Å². The van der Waals surface area contributed by atoms with Crippen LogP contribution in [0.3, 0.4) is 0 Å². The number of ether oxygens (including phenoxy) is 3. The number of benzene rings is 4. The fourth-order valence-electron chi connectivity index (χ4n) is 5.34. The number of rotatable bonds is 11. The van der Waals surface area contributed by atoms with Gasteiger partial charge in [-0.2, -0.15) is 5.10 Å². The first-order valence-corrected chi connectivity index (χ1v) is 16.3. The van der Waals surface area contributed by atoms with Crippen LogP contribution >= 0.6 is 0 Å². The average Bonchev–Trinajstić information content (AvgIpc) is 3.53. The Balaban J connectivity index is 1.14. The average molecular weight is 645 g/mol. The highest BCUT2D eigenvalue weighted by Gasteiger charge is 2.31. The van der Waals surface area contributed by atoms with Gasteiger partial charge in [0.05, 0.1) is 29.4 Å². The minimum Gasteiger partial charge on any atom is -0.497 e. The zero-order valence-electron chi connectivity index (χ0n) is 25.1. The molecule has 0 spiro atoms. The normalized spacial score (nSPS) is 15.7. The van der Waals surface area contributed by atoms with Gasteiger partial charge < -0.3 is 19.5 Å². The van der Waals surface area contributed by atoms with Gasteiger partial charge in [0.15, 0.2) is 11.5 Å². The highest BCUT2D eigenvalue weighted by atomic mass is 32.2. The summed E-state index contributed by atoms with van der Waals surface area (Å²) in [6, 6.07) is 25.6. The molecule has 4 aromatic rings. The summed E-state index contributed by atoms with van der Waals surface area (Å²) in [4.78, 5) is 12.7. The molecule has 238 valence electrons. The lowest BCUT2D eigenvalue weighted by molar-refractivity contribution is -0.116. The molecule has 1 amide bonds. The molecule has 0 fully saturated rings. The van der Waals surface area contributed by atoms with Crippen LogP contribution in [0.25, 0.3) is 0 Å². The van der Waals surface area contributed by atoms with E-state index in [0.717, 1.165) is 40.4 Å². The van der Waals surface area contributed by atoms with E-state index in [-0.39, 0.29) is 36.2 Å². The zero-order valence-corrected chi connectivity index (χ0v) is 25.9. The fourth-order valence-corrected chi connectivity index (χ4v) is 6.41. The summed E-state index contributed by atoms with van der Waals surface area (Å²) in [5.74, 6) is 1.38. The Morgan fingerprint density at radius 3 is 2.50 bits per heavy atom. The Labute approximate surface area is 266 Å². The zero-order chi connectivity index (χ0) is 32.1. The van der Waals surface area contributed by atoms with E-state index in [2.05, 4.69) is 10.0 Å². The van der Waals surface area contributed by atoms with Crippen LogP contribution in [0.5, 0.6) is 17.2 Å². The number of nitrogens with one attached hydrogen (secondary N) is 2. The van der Waals surface area contributed by atoms with Crippen LogP contribution in [0.1, 0.15) is 36.4 Å². The molecule has 1 atom stereocenters. The SMILES string of the molecule is COc1ccc(N2N=C(c3ccc4c(c3)OCCO4)CC2c2cccc(NC(=O)CCCNS(=O)(=O)c3ccc(F)cc3)c2)cc1. The van der Waals surface area contributed by atoms with E-state index >= 15 is 0 Å². The van der Waals surface area contributed by atoms with Gasteiger partial charge in [-0.05, 0) is 90.8 Å². The van der Waals surface area contributed by atoms with Crippen molar-refractivity contribution in [1.29, 1.82) is 0 Å². The molecule has 2 aliphatic heterocycles. The van der Waals surface area contributed by atoms with Crippen molar-refractivity contribution in [2.75, 3.05) is 37.2 Å². The molecule has 0 saturated carbocycles. The van der Waals surface area contributed by atoms with E-state index < -0.39 is 15.8 Å². The number of fused-ring (bicyclic) bond motifs is 1. The van der Waals surface area contributed by atoms with Crippen LogP contribution in [0.15, 0.2) is 101 Å². The van der Waals surface area contributed by atoms with Gasteiger partial charge in [0.2, 0.25) is 15.9 Å². The number of halogens is 1. The molecule has 12 heteroatoms. The van der Waals surface area contributed by atoms with Crippen molar-refractivity contribution >= 4 is 33.0 Å². The molecule has 4 aromatic carbocycles. The Morgan fingerprint density at radius 1 is 0.978 bits per heavy atom. The van der Waals surface area contributed by atoms with E-state index in [9.17, 15) is 17.6 Å². The number of hydrazone groups is 1. The van der Waals surface area contributed by atoms with Crippen LogP contribution < -0.4 is 29.3 Å².